The van der Waals surface area contributed by atoms with Crippen molar-refractivity contribution in [1.82, 2.24) is 0 Å². The lowest BCUT2D eigenvalue weighted by Gasteiger charge is -2.22. The highest BCUT2D eigenvalue weighted by molar-refractivity contribution is 5.98. The van der Waals surface area contributed by atoms with Crippen molar-refractivity contribution in [1.29, 1.82) is 0 Å². The Hall–Kier alpha value is -3.42. The summed E-state index contributed by atoms with van der Waals surface area (Å²) in [5.74, 6) is -2.30. The van der Waals surface area contributed by atoms with Crippen LogP contribution in [-0.4, -0.2) is 36.4 Å². The van der Waals surface area contributed by atoms with Gasteiger partial charge in [0.05, 0.1) is 18.1 Å². The molecular formula is C22H18O8. The summed E-state index contributed by atoms with van der Waals surface area (Å²) in [6, 6.07) is 8.97. The molecule has 1 aliphatic heterocycles. The molecular weight excluding hydrogens is 392 g/mol. The van der Waals surface area contributed by atoms with E-state index in [9.17, 15) is 19.2 Å². The van der Waals surface area contributed by atoms with E-state index in [1.54, 1.807) is 6.07 Å². The van der Waals surface area contributed by atoms with Crippen LogP contribution < -0.4 is 4.74 Å². The summed E-state index contributed by atoms with van der Waals surface area (Å²) in [6.45, 7) is -0.413. The van der Waals surface area contributed by atoms with Gasteiger partial charge in [-0.3, -0.25) is 14.4 Å². The number of ketones is 1. The minimum absolute atomic E-state index is 0.0569. The van der Waals surface area contributed by atoms with Crippen LogP contribution in [0, 0.1) is 23.7 Å². The molecule has 3 aliphatic rings. The number of fused-ring (bicyclic) bond motifs is 1. The molecule has 0 N–H and O–H groups in total. The van der Waals surface area contributed by atoms with Crippen molar-refractivity contribution < 1.29 is 37.8 Å². The number of furan rings is 1. The molecule has 8 heteroatoms. The molecule has 8 nitrogen and oxygen atoms in total. The molecule has 1 aromatic carbocycles. The Morgan fingerprint density at radius 2 is 1.87 bits per heavy atom. The Bertz CT molecular complexity index is 1000. The van der Waals surface area contributed by atoms with Crippen LogP contribution in [-0.2, 0) is 19.1 Å². The zero-order valence-corrected chi connectivity index (χ0v) is 15.8. The normalized spacial score (nSPS) is 28.3. The molecule has 2 saturated carbocycles. The van der Waals surface area contributed by atoms with Gasteiger partial charge in [0.2, 0.25) is 5.76 Å². The third-order valence-electron chi connectivity index (χ3n) is 6.21. The van der Waals surface area contributed by atoms with Crippen molar-refractivity contribution in [2.75, 3.05) is 6.61 Å². The maximum Gasteiger partial charge on any atom is 0.379 e. The minimum Gasteiger partial charge on any atom is -0.462 e. The molecule has 0 amide bonds. The molecule has 5 rings (SSSR count). The Morgan fingerprint density at radius 3 is 2.60 bits per heavy atom. The third-order valence-corrected chi connectivity index (χ3v) is 6.21. The van der Waals surface area contributed by atoms with Gasteiger partial charge in [0.25, 0.3) is 0 Å². The summed E-state index contributed by atoms with van der Waals surface area (Å²) in [6.07, 6.45) is 2.80. The number of Topliss-reactive ketones (excluding diaryl/α,β-unsaturated/α-hetero) is 1. The summed E-state index contributed by atoms with van der Waals surface area (Å²) in [7, 11) is 0. The van der Waals surface area contributed by atoms with E-state index in [0.29, 0.717) is 12.0 Å². The van der Waals surface area contributed by atoms with Crippen molar-refractivity contribution in [3.63, 3.8) is 0 Å². The Labute approximate surface area is 171 Å². The second kappa shape index (κ2) is 7.12. The van der Waals surface area contributed by atoms with E-state index < -0.39 is 30.4 Å². The van der Waals surface area contributed by atoms with E-state index in [1.165, 1.54) is 36.6 Å². The predicted molar refractivity (Wildman–Crippen MR) is 98.5 cm³/mol. The summed E-state index contributed by atoms with van der Waals surface area (Å²) < 4.78 is 20.7. The van der Waals surface area contributed by atoms with Gasteiger partial charge < -0.3 is 18.6 Å². The average molecular weight is 410 g/mol. The average Bonchev–Trinajstić information content (AvgIpc) is 3.49. The standard InChI is InChI=1S/C22H18O8/c23-15(11-3-5-13(6-4-11)29-20(24)16-2-1-7-27-16)10-28-21(25)18-12-8-14-17(9-12)30-22(26)19(14)18/h1-7,12,14,17-19H,8-10H2/t12-,14-,17-,18+,19+/m1/s1. The van der Waals surface area contributed by atoms with Crippen LogP contribution in [0.4, 0.5) is 0 Å². The van der Waals surface area contributed by atoms with Gasteiger partial charge in [0.1, 0.15) is 11.9 Å². The molecule has 154 valence electrons. The minimum atomic E-state index is -0.647. The van der Waals surface area contributed by atoms with Crippen molar-refractivity contribution in [3.05, 3.63) is 54.0 Å². The first-order chi connectivity index (χ1) is 14.5. The van der Waals surface area contributed by atoms with Gasteiger partial charge in [-0.2, -0.15) is 0 Å². The number of carbonyl (C=O) groups is 4. The smallest absolute Gasteiger partial charge is 0.379 e. The molecule has 3 fully saturated rings. The maximum atomic E-state index is 12.5. The zero-order valence-electron chi connectivity index (χ0n) is 15.8. The Morgan fingerprint density at radius 1 is 1.07 bits per heavy atom. The van der Waals surface area contributed by atoms with E-state index in [0.717, 1.165) is 6.42 Å². The van der Waals surface area contributed by atoms with Gasteiger partial charge in [-0.05, 0) is 55.2 Å². The lowest BCUT2D eigenvalue weighted by atomic mass is 9.80. The van der Waals surface area contributed by atoms with Gasteiger partial charge in [0.15, 0.2) is 12.4 Å². The number of rotatable bonds is 6. The topological polar surface area (TPSA) is 109 Å². The first-order valence-electron chi connectivity index (χ1n) is 9.77. The molecule has 1 saturated heterocycles. The fourth-order valence-electron chi connectivity index (χ4n) is 4.90. The van der Waals surface area contributed by atoms with E-state index >= 15 is 0 Å². The van der Waals surface area contributed by atoms with Crippen LogP contribution in [0.3, 0.4) is 0 Å². The molecule has 2 heterocycles. The Kier molecular flexibility index (Phi) is 4.42. The van der Waals surface area contributed by atoms with E-state index in [2.05, 4.69) is 0 Å². The molecule has 30 heavy (non-hydrogen) atoms. The number of esters is 3. The largest absolute Gasteiger partial charge is 0.462 e. The fraction of sp³-hybridized carbons (Fsp3) is 0.364. The predicted octanol–water partition coefficient (Wildman–Crippen LogP) is 2.42. The van der Waals surface area contributed by atoms with Crippen LogP contribution in [0.15, 0.2) is 47.1 Å². The molecule has 2 bridgehead atoms. The van der Waals surface area contributed by atoms with E-state index in [1.807, 2.05) is 0 Å². The fourth-order valence-corrected chi connectivity index (χ4v) is 4.90. The molecule has 0 radical (unpaired) electrons. The number of carbonyl (C=O) groups excluding carboxylic acids is 4. The van der Waals surface area contributed by atoms with E-state index in [-0.39, 0.29) is 41.2 Å². The van der Waals surface area contributed by atoms with Crippen LogP contribution in [0.2, 0.25) is 0 Å². The second-order valence-corrected chi connectivity index (χ2v) is 7.84. The van der Waals surface area contributed by atoms with Crippen LogP contribution in [0.5, 0.6) is 5.75 Å². The van der Waals surface area contributed by atoms with E-state index in [4.69, 9.17) is 18.6 Å². The number of benzene rings is 1. The third kappa shape index (κ3) is 3.08. The van der Waals surface area contributed by atoms with Crippen LogP contribution in [0.25, 0.3) is 0 Å². The molecule has 0 spiro atoms. The van der Waals surface area contributed by atoms with Crippen LogP contribution in [0.1, 0.15) is 33.8 Å². The van der Waals surface area contributed by atoms with Crippen LogP contribution >= 0.6 is 0 Å². The van der Waals surface area contributed by atoms with Gasteiger partial charge in [0, 0.05) is 11.5 Å². The van der Waals surface area contributed by atoms with Crippen molar-refractivity contribution in [2.45, 2.75) is 18.9 Å². The van der Waals surface area contributed by atoms with Crippen molar-refractivity contribution >= 4 is 23.7 Å². The van der Waals surface area contributed by atoms with Gasteiger partial charge >= 0.3 is 17.9 Å². The highest BCUT2D eigenvalue weighted by Crippen LogP contribution is 2.57. The van der Waals surface area contributed by atoms with Gasteiger partial charge in [-0.15, -0.1) is 0 Å². The van der Waals surface area contributed by atoms with Crippen molar-refractivity contribution in [2.24, 2.45) is 23.7 Å². The monoisotopic (exact) mass is 410 g/mol. The number of ether oxygens (including phenoxy) is 3. The maximum absolute atomic E-state index is 12.5. The molecule has 1 aromatic heterocycles. The Balaban J connectivity index is 1.16. The first-order valence-corrected chi connectivity index (χ1v) is 9.77. The summed E-state index contributed by atoms with van der Waals surface area (Å²) in [5.41, 5.74) is 0.314. The number of hydrogen-bond acceptors (Lipinski definition) is 8. The molecule has 2 aromatic rings. The summed E-state index contributed by atoms with van der Waals surface area (Å²) >= 11 is 0. The first kappa shape index (κ1) is 18.6. The highest BCUT2D eigenvalue weighted by Gasteiger charge is 2.64. The zero-order chi connectivity index (χ0) is 20.8. The quantitative estimate of drug-likeness (QED) is 0.406. The van der Waals surface area contributed by atoms with Gasteiger partial charge in [-0.1, -0.05) is 0 Å². The lowest BCUT2D eigenvalue weighted by Crippen LogP contribution is -2.34. The second-order valence-electron chi connectivity index (χ2n) is 7.84. The molecule has 0 unspecified atom stereocenters. The molecule has 2 aliphatic carbocycles. The summed E-state index contributed by atoms with van der Waals surface area (Å²) in [4.78, 5) is 48.8. The molecule has 5 atom stereocenters. The highest BCUT2D eigenvalue weighted by atomic mass is 16.6. The SMILES string of the molecule is O=C(COC(=O)[C@H]1[C@@H]2C[C@H]3[C@@H]1C(=O)O[C@@H]3C2)c1ccc(OC(=O)c2ccco2)cc1. The lowest BCUT2D eigenvalue weighted by molar-refractivity contribution is -0.154. The summed E-state index contributed by atoms with van der Waals surface area (Å²) in [5, 5.41) is 0. The van der Waals surface area contributed by atoms with Gasteiger partial charge in [-0.25, -0.2) is 4.79 Å². The van der Waals surface area contributed by atoms with Crippen molar-refractivity contribution in [3.8, 4) is 5.75 Å². The number of hydrogen-bond donors (Lipinski definition) is 0.